The Labute approximate surface area is 101 Å². The van der Waals surface area contributed by atoms with Crippen molar-refractivity contribution < 1.29 is 26.7 Å². The number of aryl methyl sites for hydroxylation is 1. The molecule has 0 aliphatic heterocycles. The van der Waals surface area contributed by atoms with Crippen molar-refractivity contribution in [2.45, 2.75) is 25.1 Å². The molecule has 2 N–H and O–H groups in total. The van der Waals surface area contributed by atoms with Crippen molar-refractivity contribution in [3.05, 3.63) is 29.3 Å². The van der Waals surface area contributed by atoms with Gasteiger partial charge in [0.15, 0.2) is 0 Å². The summed E-state index contributed by atoms with van der Waals surface area (Å²) in [7, 11) is 1.37. The van der Waals surface area contributed by atoms with Crippen molar-refractivity contribution in [3.8, 4) is 5.75 Å². The third kappa shape index (κ3) is 2.55. The summed E-state index contributed by atoms with van der Waals surface area (Å²) in [6, 6.07) is 1.11. The zero-order valence-electron chi connectivity index (χ0n) is 9.68. The Morgan fingerprint density at radius 3 is 2.11 bits per heavy atom. The van der Waals surface area contributed by atoms with E-state index >= 15 is 0 Å². The van der Waals surface area contributed by atoms with Crippen LogP contribution in [0.4, 0.5) is 22.0 Å². The van der Waals surface area contributed by atoms with Crippen molar-refractivity contribution in [2.75, 3.05) is 7.11 Å². The number of ether oxygens (including phenoxy) is 1. The number of hydrogen-bond donors (Lipinski definition) is 1. The van der Waals surface area contributed by atoms with Gasteiger partial charge in [0.25, 0.3) is 0 Å². The first kappa shape index (κ1) is 14.7. The minimum absolute atomic E-state index is 0.296. The Morgan fingerprint density at radius 1 is 1.17 bits per heavy atom. The Balaban J connectivity index is 3.12. The zero-order chi connectivity index (χ0) is 14.1. The van der Waals surface area contributed by atoms with Crippen LogP contribution >= 0.6 is 0 Å². The lowest BCUT2D eigenvalue weighted by Gasteiger charge is -2.26. The first-order valence-corrected chi connectivity index (χ1v) is 4.96. The maximum atomic E-state index is 13.0. The molecule has 1 rings (SSSR count). The van der Waals surface area contributed by atoms with E-state index in [0.717, 1.165) is 12.1 Å². The van der Waals surface area contributed by atoms with Gasteiger partial charge in [0.05, 0.1) is 7.11 Å². The van der Waals surface area contributed by atoms with Gasteiger partial charge in [-0.1, -0.05) is 12.1 Å². The third-order valence-electron chi connectivity index (χ3n) is 2.55. The molecule has 0 bridgehead atoms. The number of nitrogens with two attached hydrogens (primary N) is 1. The van der Waals surface area contributed by atoms with Gasteiger partial charge in [-0.15, -0.1) is 0 Å². The fraction of sp³-hybridized carbons (Fsp3) is 0.455. The molecule has 0 heterocycles. The van der Waals surface area contributed by atoms with E-state index in [-0.39, 0.29) is 5.56 Å². The molecule has 0 aliphatic rings. The molecule has 0 unspecified atom stereocenters. The number of benzene rings is 1. The number of halogens is 5. The molecule has 0 saturated heterocycles. The highest BCUT2D eigenvalue weighted by atomic mass is 19.4. The van der Waals surface area contributed by atoms with Crippen LogP contribution in [0, 0.1) is 6.92 Å². The van der Waals surface area contributed by atoms with Crippen molar-refractivity contribution in [1.29, 1.82) is 0 Å². The zero-order valence-corrected chi connectivity index (χ0v) is 9.68. The highest BCUT2D eigenvalue weighted by molar-refractivity contribution is 5.38. The highest BCUT2D eigenvalue weighted by Gasteiger charge is 2.61. The molecule has 0 spiro atoms. The molecule has 18 heavy (non-hydrogen) atoms. The largest absolute Gasteiger partial charge is 0.496 e. The predicted molar refractivity (Wildman–Crippen MR) is 55.7 cm³/mol. The van der Waals surface area contributed by atoms with E-state index in [1.54, 1.807) is 0 Å². The van der Waals surface area contributed by atoms with Crippen LogP contribution in [0.15, 0.2) is 18.2 Å². The lowest BCUT2D eigenvalue weighted by molar-refractivity contribution is -0.291. The van der Waals surface area contributed by atoms with Crippen LogP contribution in [0.2, 0.25) is 0 Å². The lowest BCUT2D eigenvalue weighted by Crippen LogP contribution is -2.45. The van der Waals surface area contributed by atoms with Crippen LogP contribution in [-0.4, -0.2) is 19.2 Å². The minimum Gasteiger partial charge on any atom is -0.496 e. The molecule has 7 heteroatoms. The van der Waals surface area contributed by atoms with Crippen molar-refractivity contribution >= 4 is 0 Å². The standard InChI is InChI=1S/C11H12F5NO/c1-6-5-7(3-4-8(6)18-2)9(17)10(12,13)11(14,15)16/h3-5,9H,17H2,1-2H3/t9-/m1/s1. The predicted octanol–water partition coefficient (Wildman–Crippen LogP) is 3.20. The quantitative estimate of drug-likeness (QED) is 0.855. The summed E-state index contributed by atoms with van der Waals surface area (Å²) < 4.78 is 67.4. The molecule has 0 aromatic heterocycles. The van der Waals surface area contributed by atoms with Gasteiger partial charge in [-0.3, -0.25) is 0 Å². The van der Waals surface area contributed by atoms with Crippen LogP contribution in [0.3, 0.4) is 0 Å². The molecule has 1 atom stereocenters. The molecule has 0 saturated carbocycles. The van der Waals surface area contributed by atoms with E-state index < -0.39 is 18.1 Å². The molecule has 102 valence electrons. The van der Waals surface area contributed by atoms with Crippen molar-refractivity contribution in [3.63, 3.8) is 0 Å². The first-order chi connectivity index (χ1) is 8.11. The van der Waals surface area contributed by atoms with E-state index in [4.69, 9.17) is 10.5 Å². The normalized spacial score (nSPS) is 14.4. The Bertz CT molecular complexity index is 430. The van der Waals surface area contributed by atoms with E-state index in [1.807, 2.05) is 0 Å². The average molecular weight is 269 g/mol. The van der Waals surface area contributed by atoms with E-state index in [1.165, 1.54) is 20.1 Å². The fourth-order valence-corrected chi connectivity index (χ4v) is 1.48. The fourth-order valence-electron chi connectivity index (χ4n) is 1.48. The topological polar surface area (TPSA) is 35.2 Å². The van der Waals surface area contributed by atoms with Crippen LogP contribution in [-0.2, 0) is 0 Å². The number of methoxy groups -OCH3 is 1. The first-order valence-electron chi connectivity index (χ1n) is 4.96. The summed E-state index contributed by atoms with van der Waals surface area (Å²) in [4.78, 5) is 0. The molecule has 0 fully saturated rings. The monoisotopic (exact) mass is 269 g/mol. The SMILES string of the molecule is COc1ccc([C@@H](N)C(F)(F)C(F)(F)F)cc1C. The third-order valence-corrected chi connectivity index (χ3v) is 2.55. The van der Waals surface area contributed by atoms with Gasteiger partial charge in [-0.2, -0.15) is 22.0 Å². The van der Waals surface area contributed by atoms with E-state index in [0.29, 0.717) is 11.3 Å². The second kappa shape index (κ2) is 4.72. The maximum absolute atomic E-state index is 13.0. The molecule has 0 amide bonds. The second-order valence-corrected chi connectivity index (χ2v) is 3.83. The number of hydrogen-bond acceptors (Lipinski definition) is 2. The van der Waals surface area contributed by atoms with Gasteiger partial charge < -0.3 is 10.5 Å². The Hall–Kier alpha value is -1.37. The Kier molecular flexibility index (Phi) is 3.85. The van der Waals surface area contributed by atoms with Crippen LogP contribution in [0.5, 0.6) is 5.75 Å². The lowest BCUT2D eigenvalue weighted by atomic mass is 9.99. The molecule has 0 radical (unpaired) electrons. The van der Waals surface area contributed by atoms with Crippen LogP contribution in [0.1, 0.15) is 17.2 Å². The molecule has 1 aromatic rings. The molecular formula is C11H12F5NO. The molecule has 1 aromatic carbocycles. The highest BCUT2D eigenvalue weighted by Crippen LogP contribution is 2.43. The van der Waals surface area contributed by atoms with Gasteiger partial charge >= 0.3 is 12.1 Å². The summed E-state index contributed by atoms with van der Waals surface area (Å²) in [5, 5.41) is 0. The van der Waals surface area contributed by atoms with Crippen molar-refractivity contribution in [2.24, 2.45) is 5.73 Å². The minimum atomic E-state index is -5.68. The molecular weight excluding hydrogens is 257 g/mol. The van der Waals surface area contributed by atoms with E-state index in [9.17, 15) is 22.0 Å². The van der Waals surface area contributed by atoms with Gasteiger partial charge in [-0.25, -0.2) is 0 Å². The van der Waals surface area contributed by atoms with Gasteiger partial charge in [0.1, 0.15) is 11.8 Å². The van der Waals surface area contributed by atoms with Gasteiger partial charge in [-0.05, 0) is 24.1 Å². The summed E-state index contributed by atoms with van der Waals surface area (Å²) in [5.41, 5.74) is 5.15. The Morgan fingerprint density at radius 2 is 1.72 bits per heavy atom. The molecule has 0 aliphatic carbocycles. The number of alkyl halides is 5. The molecule has 2 nitrogen and oxygen atoms in total. The summed E-state index contributed by atoms with van der Waals surface area (Å²) in [6.45, 7) is 1.53. The average Bonchev–Trinajstić information content (AvgIpc) is 2.26. The summed E-state index contributed by atoms with van der Waals surface area (Å²) >= 11 is 0. The van der Waals surface area contributed by atoms with Gasteiger partial charge in [0, 0.05) is 0 Å². The van der Waals surface area contributed by atoms with Crippen molar-refractivity contribution in [1.82, 2.24) is 0 Å². The van der Waals surface area contributed by atoms with Crippen LogP contribution < -0.4 is 10.5 Å². The number of rotatable bonds is 3. The van der Waals surface area contributed by atoms with Crippen LogP contribution in [0.25, 0.3) is 0 Å². The summed E-state index contributed by atoms with van der Waals surface area (Å²) in [6.07, 6.45) is -5.68. The smallest absolute Gasteiger partial charge is 0.455 e. The van der Waals surface area contributed by atoms with E-state index in [2.05, 4.69) is 0 Å². The summed E-state index contributed by atoms with van der Waals surface area (Å²) in [5.74, 6) is -4.59. The maximum Gasteiger partial charge on any atom is 0.455 e. The second-order valence-electron chi connectivity index (χ2n) is 3.83. The van der Waals surface area contributed by atoms with Gasteiger partial charge in [0.2, 0.25) is 0 Å².